The van der Waals surface area contributed by atoms with Crippen LogP contribution in [0.4, 0.5) is 11.8 Å². The van der Waals surface area contributed by atoms with Crippen molar-refractivity contribution in [3.63, 3.8) is 0 Å². The maximum absolute atomic E-state index is 5.76. The first-order valence-corrected chi connectivity index (χ1v) is 7.39. The summed E-state index contributed by atoms with van der Waals surface area (Å²) in [4.78, 5) is 17.5. The van der Waals surface area contributed by atoms with Crippen LogP contribution < -0.4 is 10.6 Å². The van der Waals surface area contributed by atoms with Gasteiger partial charge in [-0.25, -0.2) is 4.98 Å². The molecule has 0 bridgehead atoms. The third-order valence-electron chi connectivity index (χ3n) is 3.67. The van der Waals surface area contributed by atoms with Crippen LogP contribution in [-0.2, 0) is 6.54 Å². The first-order chi connectivity index (χ1) is 11.7. The Labute approximate surface area is 137 Å². The van der Waals surface area contributed by atoms with E-state index in [4.69, 9.17) is 10.3 Å². The van der Waals surface area contributed by atoms with Crippen LogP contribution in [0.15, 0.2) is 47.2 Å². The summed E-state index contributed by atoms with van der Waals surface area (Å²) in [6.45, 7) is 0.490. The number of benzene rings is 1. The van der Waals surface area contributed by atoms with Crippen LogP contribution in [-0.4, -0.2) is 32.1 Å². The van der Waals surface area contributed by atoms with Crippen molar-refractivity contribution >= 4 is 22.9 Å². The summed E-state index contributed by atoms with van der Waals surface area (Å²) in [7, 11) is 1.90. The number of H-pyrrole nitrogens is 1. The Morgan fingerprint density at radius 3 is 2.88 bits per heavy atom. The molecule has 4 aromatic rings. The maximum Gasteiger partial charge on any atom is 0.224 e. The second-order valence-electron chi connectivity index (χ2n) is 5.41. The molecule has 0 aliphatic carbocycles. The molecule has 0 aliphatic rings. The minimum Gasteiger partial charge on any atom is -0.368 e. The highest BCUT2D eigenvalue weighted by Gasteiger charge is 2.15. The topological polar surface area (TPSA) is 110 Å². The van der Waals surface area contributed by atoms with Crippen molar-refractivity contribution in [1.29, 1.82) is 0 Å². The van der Waals surface area contributed by atoms with E-state index in [0.29, 0.717) is 18.0 Å². The molecule has 4 rings (SSSR count). The lowest BCUT2D eigenvalue weighted by molar-refractivity contribution is 0.385. The van der Waals surface area contributed by atoms with Crippen LogP contribution in [0.5, 0.6) is 0 Å². The van der Waals surface area contributed by atoms with Crippen LogP contribution in [0.3, 0.4) is 0 Å². The average Bonchev–Trinajstić information content (AvgIpc) is 3.24. The van der Waals surface area contributed by atoms with Gasteiger partial charge in [0.25, 0.3) is 0 Å². The van der Waals surface area contributed by atoms with Crippen LogP contribution >= 0.6 is 0 Å². The Hall–Kier alpha value is -3.42. The van der Waals surface area contributed by atoms with E-state index in [1.54, 1.807) is 6.33 Å². The zero-order valence-corrected chi connectivity index (χ0v) is 13.0. The molecule has 8 heteroatoms. The average molecular weight is 321 g/mol. The fourth-order valence-electron chi connectivity index (χ4n) is 2.55. The number of rotatable bonds is 4. The number of nitrogens with one attached hydrogen (secondary N) is 1. The number of imidazole rings is 1. The van der Waals surface area contributed by atoms with Gasteiger partial charge < -0.3 is 20.1 Å². The number of aromatic amines is 1. The quantitative estimate of drug-likeness (QED) is 0.593. The van der Waals surface area contributed by atoms with Crippen molar-refractivity contribution in [2.45, 2.75) is 6.54 Å². The molecule has 3 N–H and O–H groups in total. The number of nitrogen functional groups attached to an aromatic ring is 1. The molecule has 24 heavy (non-hydrogen) atoms. The van der Waals surface area contributed by atoms with E-state index in [-0.39, 0.29) is 5.95 Å². The van der Waals surface area contributed by atoms with Crippen LogP contribution in [0, 0.1) is 0 Å². The second kappa shape index (κ2) is 5.65. The molecule has 120 valence electrons. The highest BCUT2D eigenvalue weighted by molar-refractivity contribution is 5.83. The molecule has 0 fully saturated rings. The van der Waals surface area contributed by atoms with Crippen molar-refractivity contribution in [3.05, 3.63) is 48.5 Å². The summed E-state index contributed by atoms with van der Waals surface area (Å²) in [5, 5.41) is 4.12. The second-order valence-corrected chi connectivity index (χ2v) is 5.41. The number of nitrogens with zero attached hydrogens (tertiary/aromatic N) is 5. The van der Waals surface area contributed by atoms with Gasteiger partial charge in [0.15, 0.2) is 17.2 Å². The lowest BCUT2D eigenvalue weighted by atomic mass is 10.1. The number of hydrogen-bond donors (Lipinski definition) is 2. The van der Waals surface area contributed by atoms with E-state index in [0.717, 1.165) is 22.5 Å². The Balaban J connectivity index is 1.61. The van der Waals surface area contributed by atoms with Crippen molar-refractivity contribution in [2.24, 2.45) is 0 Å². The fourth-order valence-corrected chi connectivity index (χ4v) is 2.55. The molecule has 1 aromatic carbocycles. The largest absolute Gasteiger partial charge is 0.368 e. The van der Waals surface area contributed by atoms with Gasteiger partial charge in [0.05, 0.1) is 12.9 Å². The monoisotopic (exact) mass is 321 g/mol. The number of aromatic nitrogens is 5. The summed E-state index contributed by atoms with van der Waals surface area (Å²) in [5.41, 5.74) is 8.83. The van der Waals surface area contributed by atoms with Crippen molar-refractivity contribution in [3.8, 4) is 11.3 Å². The zero-order chi connectivity index (χ0) is 16.5. The van der Waals surface area contributed by atoms with E-state index in [1.165, 1.54) is 0 Å². The third kappa shape index (κ3) is 2.54. The minimum absolute atomic E-state index is 0.180. The van der Waals surface area contributed by atoms with E-state index in [9.17, 15) is 0 Å². The first-order valence-electron chi connectivity index (χ1n) is 7.39. The third-order valence-corrected chi connectivity index (χ3v) is 3.67. The van der Waals surface area contributed by atoms with Gasteiger partial charge in [-0.15, -0.1) is 0 Å². The SMILES string of the molecule is CN(Cc1cc(-c2ccccc2)no1)c1nc(N)nc2nc[nH]c12. The Morgan fingerprint density at radius 1 is 1.21 bits per heavy atom. The van der Waals surface area contributed by atoms with Gasteiger partial charge in [0.2, 0.25) is 5.95 Å². The van der Waals surface area contributed by atoms with Crippen LogP contribution in [0.25, 0.3) is 22.4 Å². The summed E-state index contributed by atoms with van der Waals surface area (Å²) in [6, 6.07) is 11.8. The molecular weight excluding hydrogens is 306 g/mol. The van der Waals surface area contributed by atoms with E-state index in [1.807, 2.05) is 48.3 Å². The number of hydrogen-bond acceptors (Lipinski definition) is 7. The minimum atomic E-state index is 0.180. The molecular formula is C16H15N7O. The van der Waals surface area contributed by atoms with E-state index >= 15 is 0 Å². The van der Waals surface area contributed by atoms with Crippen LogP contribution in [0.1, 0.15) is 5.76 Å². The van der Waals surface area contributed by atoms with Gasteiger partial charge >= 0.3 is 0 Å². The molecule has 0 radical (unpaired) electrons. The zero-order valence-electron chi connectivity index (χ0n) is 13.0. The summed E-state index contributed by atoms with van der Waals surface area (Å²) in [6.07, 6.45) is 1.57. The molecule has 0 atom stereocenters. The van der Waals surface area contributed by atoms with Gasteiger partial charge in [-0.3, -0.25) is 0 Å². The van der Waals surface area contributed by atoms with Crippen molar-refractivity contribution in [2.75, 3.05) is 17.7 Å². The highest BCUT2D eigenvalue weighted by atomic mass is 16.5. The molecule has 0 unspecified atom stereocenters. The first kappa shape index (κ1) is 14.2. The molecule has 3 aromatic heterocycles. The maximum atomic E-state index is 5.76. The van der Waals surface area contributed by atoms with E-state index in [2.05, 4.69) is 25.1 Å². The summed E-state index contributed by atoms with van der Waals surface area (Å²) < 4.78 is 5.44. The molecule has 3 heterocycles. The van der Waals surface area contributed by atoms with Crippen molar-refractivity contribution in [1.82, 2.24) is 25.1 Å². The van der Waals surface area contributed by atoms with Gasteiger partial charge in [-0.1, -0.05) is 35.5 Å². The van der Waals surface area contributed by atoms with Gasteiger partial charge in [0, 0.05) is 18.7 Å². The number of nitrogens with two attached hydrogens (primary N) is 1. The van der Waals surface area contributed by atoms with Gasteiger partial charge in [-0.05, 0) is 0 Å². The van der Waals surface area contributed by atoms with Crippen molar-refractivity contribution < 1.29 is 4.52 Å². The molecule has 0 amide bonds. The summed E-state index contributed by atoms with van der Waals surface area (Å²) in [5.74, 6) is 1.56. The predicted octanol–water partition coefficient (Wildman–Crippen LogP) is 2.23. The molecule has 0 saturated carbocycles. The Bertz CT molecular complexity index is 976. The number of fused-ring (bicyclic) bond motifs is 1. The normalized spacial score (nSPS) is 11.0. The predicted molar refractivity (Wildman–Crippen MR) is 90.1 cm³/mol. The van der Waals surface area contributed by atoms with Gasteiger partial charge in [-0.2, -0.15) is 9.97 Å². The molecule has 0 spiro atoms. The number of anilines is 2. The lowest BCUT2D eigenvalue weighted by Gasteiger charge is -2.16. The van der Waals surface area contributed by atoms with Crippen LogP contribution in [0.2, 0.25) is 0 Å². The fraction of sp³-hybridized carbons (Fsp3) is 0.125. The molecule has 0 saturated heterocycles. The standard InChI is InChI=1S/C16H15N7O/c1-23(15-13-14(19-9-18-13)20-16(17)21-15)8-11-7-12(22-24-11)10-5-3-2-4-6-10/h2-7,9H,8H2,1H3,(H3,17,18,19,20,21). The Morgan fingerprint density at radius 2 is 2.04 bits per heavy atom. The smallest absolute Gasteiger partial charge is 0.224 e. The highest BCUT2D eigenvalue weighted by Crippen LogP contribution is 2.24. The molecule has 0 aliphatic heterocycles. The Kier molecular flexibility index (Phi) is 3.34. The van der Waals surface area contributed by atoms with E-state index < -0.39 is 0 Å². The van der Waals surface area contributed by atoms with Gasteiger partial charge in [0.1, 0.15) is 11.2 Å². The molecule has 8 nitrogen and oxygen atoms in total. The lowest BCUT2D eigenvalue weighted by Crippen LogP contribution is -2.18. The summed E-state index contributed by atoms with van der Waals surface area (Å²) >= 11 is 0.